The molecule has 4 heterocycles. The summed E-state index contributed by atoms with van der Waals surface area (Å²) in [4.78, 5) is 19.6. The molecule has 1 aromatic heterocycles. The van der Waals surface area contributed by atoms with Gasteiger partial charge < -0.3 is 19.4 Å². The summed E-state index contributed by atoms with van der Waals surface area (Å²) in [6.45, 7) is 8.10. The quantitative estimate of drug-likeness (QED) is 0.878. The minimum atomic E-state index is -0.453. The average Bonchev–Trinajstić information content (AvgIpc) is 3.26. The second-order valence-electron chi connectivity index (χ2n) is 7.72. The Balaban J connectivity index is 1.51. The van der Waals surface area contributed by atoms with Crippen molar-refractivity contribution in [3.05, 3.63) is 18.2 Å². The monoisotopic (exact) mass is 348 g/mol. The standard InChI is InChI=1S/C18H28N4O3/c1-13(2)20-16(23)15-11-22-9-6-19-17(22)18(25-15)4-7-21(8-5-18)14-3-10-24-12-14/h6,9,13-15H,3-5,7-8,10-12H2,1-2H3,(H,20,23)/t14-,15-/m1/s1. The van der Waals surface area contributed by atoms with Gasteiger partial charge >= 0.3 is 0 Å². The van der Waals surface area contributed by atoms with Crippen LogP contribution < -0.4 is 5.32 Å². The third-order valence-corrected chi connectivity index (χ3v) is 5.60. The number of carbonyl (C=O) groups is 1. The predicted molar refractivity (Wildman–Crippen MR) is 92.1 cm³/mol. The largest absolute Gasteiger partial charge is 0.380 e. The minimum Gasteiger partial charge on any atom is -0.380 e. The molecule has 7 nitrogen and oxygen atoms in total. The molecule has 1 N–H and O–H groups in total. The lowest BCUT2D eigenvalue weighted by atomic mass is 9.87. The highest BCUT2D eigenvalue weighted by molar-refractivity contribution is 5.81. The predicted octanol–water partition coefficient (Wildman–Crippen LogP) is 0.887. The van der Waals surface area contributed by atoms with Crippen LogP contribution in [0.2, 0.25) is 0 Å². The van der Waals surface area contributed by atoms with Crippen LogP contribution in [-0.2, 0) is 26.4 Å². The van der Waals surface area contributed by atoms with E-state index in [1.165, 1.54) is 0 Å². The van der Waals surface area contributed by atoms with Crippen LogP contribution >= 0.6 is 0 Å². The highest BCUT2D eigenvalue weighted by Gasteiger charge is 2.47. The SMILES string of the molecule is CC(C)NC(=O)[C@H]1Cn2ccnc2C2(CCN([C@@H]3CCOC3)CC2)O1. The molecule has 0 unspecified atom stereocenters. The van der Waals surface area contributed by atoms with E-state index in [1.807, 2.05) is 26.2 Å². The second kappa shape index (κ2) is 6.70. The molecule has 3 aliphatic rings. The second-order valence-corrected chi connectivity index (χ2v) is 7.72. The number of hydrogen-bond acceptors (Lipinski definition) is 5. The lowest BCUT2D eigenvalue weighted by molar-refractivity contribution is -0.175. The van der Waals surface area contributed by atoms with E-state index in [4.69, 9.17) is 9.47 Å². The third-order valence-electron chi connectivity index (χ3n) is 5.60. The maximum atomic E-state index is 12.5. The first-order valence-corrected chi connectivity index (χ1v) is 9.39. The molecule has 1 spiro atoms. The first-order chi connectivity index (χ1) is 12.1. The van der Waals surface area contributed by atoms with E-state index in [0.717, 1.165) is 51.4 Å². The van der Waals surface area contributed by atoms with Crippen LogP contribution in [0.5, 0.6) is 0 Å². The van der Waals surface area contributed by atoms with Crippen LogP contribution in [-0.4, -0.2) is 64.8 Å². The minimum absolute atomic E-state index is 0.0275. The van der Waals surface area contributed by atoms with Gasteiger partial charge in [-0.2, -0.15) is 0 Å². The van der Waals surface area contributed by atoms with Crippen LogP contribution in [0, 0.1) is 0 Å². The summed E-state index contributed by atoms with van der Waals surface area (Å²) in [6, 6.07) is 0.640. The Kier molecular flexibility index (Phi) is 4.56. The summed E-state index contributed by atoms with van der Waals surface area (Å²) < 4.78 is 14.1. The van der Waals surface area contributed by atoms with Crippen molar-refractivity contribution >= 4 is 5.91 Å². The summed E-state index contributed by atoms with van der Waals surface area (Å²) in [5.41, 5.74) is -0.448. The topological polar surface area (TPSA) is 68.6 Å². The van der Waals surface area contributed by atoms with Crippen molar-refractivity contribution in [1.29, 1.82) is 0 Å². The fraction of sp³-hybridized carbons (Fsp3) is 0.778. The number of hydrogen-bond donors (Lipinski definition) is 1. The molecular weight excluding hydrogens is 320 g/mol. The molecule has 2 fully saturated rings. The normalized spacial score (nSPS) is 29.1. The van der Waals surface area contributed by atoms with E-state index >= 15 is 0 Å². The van der Waals surface area contributed by atoms with Gasteiger partial charge in [0.25, 0.3) is 5.91 Å². The number of nitrogens with zero attached hydrogens (tertiary/aromatic N) is 3. The van der Waals surface area contributed by atoms with Crippen LogP contribution in [0.1, 0.15) is 38.9 Å². The van der Waals surface area contributed by atoms with E-state index in [-0.39, 0.29) is 11.9 Å². The highest BCUT2D eigenvalue weighted by Crippen LogP contribution is 2.40. The number of likely N-dealkylation sites (tertiary alicyclic amines) is 1. The summed E-state index contributed by atoms with van der Waals surface area (Å²) in [5.74, 6) is 0.948. The van der Waals surface area contributed by atoms with Gasteiger partial charge in [-0.1, -0.05) is 0 Å². The van der Waals surface area contributed by atoms with Gasteiger partial charge in [0.2, 0.25) is 0 Å². The maximum Gasteiger partial charge on any atom is 0.251 e. The van der Waals surface area contributed by atoms with Crippen molar-refractivity contribution in [2.24, 2.45) is 0 Å². The Bertz CT molecular complexity index is 616. The fourth-order valence-electron chi connectivity index (χ4n) is 4.31. The Labute approximate surface area is 148 Å². The van der Waals surface area contributed by atoms with Gasteiger partial charge in [-0.15, -0.1) is 0 Å². The van der Waals surface area contributed by atoms with E-state index in [2.05, 4.69) is 19.8 Å². The number of carbonyl (C=O) groups excluding carboxylic acids is 1. The van der Waals surface area contributed by atoms with Gasteiger partial charge in [0.1, 0.15) is 11.4 Å². The molecule has 2 atom stereocenters. The van der Waals surface area contributed by atoms with Crippen molar-refractivity contribution < 1.29 is 14.3 Å². The molecular formula is C18H28N4O3. The lowest BCUT2D eigenvalue weighted by Gasteiger charge is -2.46. The van der Waals surface area contributed by atoms with Crippen molar-refractivity contribution in [1.82, 2.24) is 19.8 Å². The smallest absolute Gasteiger partial charge is 0.251 e. The molecule has 3 aliphatic heterocycles. The molecule has 4 rings (SSSR count). The molecule has 0 bridgehead atoms. The first kappa shape index (κ1) is 17.0. The van der Waals surface area contributed by atoms with E-state index in [0.29, 0.717) is 12.6 Å². The Morgan fingerprint density at radius 1 is 1.40 bits per heavy atom. The lowest BCUT2D eigenvalue weighted by Crippen LogP contribution is -2.55. The Morgan fingerprint density at radius 2 is 2.20 bits per heavy atom. The van der Waals surface area contributed by atoms with E-state index < -0.39 is 11.7 Å². The molecule has 0 aromatic carbocycles. The number of rotatable bonds is 3. The number of amides is 1. The summed E-state index contributed by atoms with van der Waals surface area (Å²) in [5, 5.41) is 2.99. The van der Waals surface area contributed by atoms with Crippen LogP contribution in [0.15, 0.2) is 12.4 Å². The molecule has 1 aromatic rings. The highest BCUT2D eigenvalue weighted by atomic mass is 16.5. The van der Waals surface area contributed by atoms with Gasteiger partial charge in [0.05, 0.1) is 13.2 Å². The molecule has 7 heteroatoms. The number of piperidine rings is 1. The van der Waals surface area contributed by atoms with Gasteiger partial charge in [-0.3, -0.25) is 9.69 Å². The summed E-state index contributed by atoms with van der Waals surface area (Å²) in [7, 11) is 0. The van der Waals surface area contributed by atoms with Gasteiger partial charge in [0.15, 0.2) is 6.10 Å². The summed E-state index contributed by atoms with van der Waals surface area (Å²) >= 11 is 0. The van der Waals surface area contributed by atoms with Crippen molar-refractivity contribution in [3.8, 4) is 0 Å². The van der Waals surface area contributed by atoms with Crippen LogP contribution in [0.3, 0.4) is 0 Å². The third kappa shape index (κ3) is 3.20. The van der Waals surface area contributed by atoms with Gasteiger partial charge in [0, 0.05) is 44.2 Å². The Hall–Kier alpha value is -1.44. The zero-order chi connectivity index (χ0) is 17.4. The van der Waals surface area contributed by atoms with Crippen LogP contribution in [0.25, 0.3) is 0 Å². The molecule has 1 amide bonds. The van der Waals surface area contributed by atoms with Crippen molar-refractivity contribution in [3.63, 3.8) is 0 Å². The molecule has 138 valence electrons. The van der Waals surface area contributed by atoms with Crippen LogP contribution in [0.4, 0.5) is 0 Å². The molecule has 0 radical (unpaired) electrons. The first-order valence-electron chi connectivity index (χ1n) is 9.39. The fourth-order valence-corrected chi connectivity index (χ4v) is 4.31. The molecule has 0 aliphatic carbocycles. The number of ether oxygens (including phenoxy) is 2. The molecule has 2 saturated heterocycles. The number of imidazole rings is 1. The summed E-state index contributed by atoms with van der Waals surface area (Å²) in [6.07, 6.45) is 6.18. The van der Waals surface area contributed by atoms with Crippen molar-refractivity contribution in [2.75, 3.05) is 26.3 Å². The average molecular weight is 348 g/mol. The van der Waals surface area contributed by atoms with Gasteiger partial charge in [-0.25, -0.2) is 4.98 Å². The van der Waals surface area contributed by atoms with E-state index in [1.54, 1.807) is 0 Å². The molecule has 25 heavy (non-hydrogen) atoms. The van der Waals surface area contributed by atoms with Gasteiger partial charge in [-0.05, 0) is 33.1 Å². The zero-order valence-corrected chi connectivity index (χ0v) is 15.1. The maximum absolute atomic E-state index is 12.5. The zero-order valence-electron chi connectivity index (χ0n) is 15.1. The number of fused-ring (bicyclic) bond motifs is 2. The Morgan fingerprint density at radius 3 is 2.88 bits per heavy atom. The number of nitrogens with one attached hydrogen (secondary N) is 1. The van der Waals surface area contributed by atoms with Crippen molar-refractivity contribution in [2.45, 2.75) is 63.4 Å². The molecule has 0 saturated carbocycles. The number of aromatic nitrogens is 2. The van der Waals surface area contributed by atoms with E-state index in [9.17, 15) is 4.79 Å².